The summed E-state index contributed by atoms with van der Waals surface area (Å²) < 4.78 is 0. The predicted octanol–water partition coefficient (Wildman–Crippen LogP) is 2.40. The maximum atomic E-state index is 11.3. The van der Waals surface area contributed by atoms with Gasteiger partial charge in [-0.3, -0.25) is 0 Å². The minimum atomic E-state index is -1.09. The zero-order valence-electron chi connectivity index (χ0n) is 8.67. The average Bonchev–Trinajstić information content (AvgIpc) is 2.29. The number of urea groups is 1. The van der Waals surface area contributed by atoms with Crippen molar-refractivity contribution >= 4 is 40.9 Å². The van der Waals surface area contributed by atoms with Crippen LogP contribution in [-0.2, 0) is 0 Å². The minimum absolute atomic E-state index is 0.0436. The summed E-state index contributed by atoms with van der Waals surface area (Å²) >= 11 is 11.2. The van der Waals surface area contributed by atoms with E-state index in [0.717, 1.165) is 0 Å². The van der Waals surface area contributed by atoms with E-state index in [1.54, 1.807) is 0 Å². The van der Waals surface area contributed by atoms with Gasteiger partial charge in [-0.25, -0.2) is 9.59 Å². The highest BCUT2D eigenvalue weighted by molar-refractivity contribution is 6.33. The van der Waals surface area contributed by atoms with Crippen molar-refractivity contribution in [1.29, 1.82) is 0 Å². The summed E-state index contributed by atoms with van der Waals surface area (Å²) in [6, 6.07) is 3.55. The third-order valence-electron chi connectivity index (χ3n) is 1.84. The highest BCUT2D eigenvalue weighted by Crippen LogP contribution is 2.22. The van der Waals surface area contributed by atoms with Crippen molar-refractivity contribution < 1.29 is 14.7 Å². The van der Waals surface area contributed by atoms with Gasteiger partial charge in [-0.15, -0.1) is 11.6 Å². The first-order chi connectivity index (χ1) is 8.04. The molecule has 2 amide bonds. The molecule has 1 aromatic carbocycles. The van der Waals surface area contributed by atoms with Gasteiger partial charge in [0.2, 0.25) is 0 Å². The second-order valence-corrected chi connectivity index (χ2v) is 3.85. The van der Waals surface area contributed by atoms with E-state index >= 15 is 0 Å². The molecular formula is C10H10Cl2N2O3. The van der Waals surface area contributed by atoms with Gasteiger partial charge in [0, 0.05) is 12.4 Å². The monoisotopic (exact) mass is 276 g/mol. The number of aromatic carboxylic acids is 1. The zero-order valence-corrected chi connectivity index (χ0v) is 10.2. The number of carbonyl (C=O) groups excluding carboxylic acids is 1. The number of amides is 2. The van der Waals surface area contributed by atoms with Gasteiger partial charge in [0.25, 0.3) is 0 Å². The Balaban J connectivity index is 2.79. The molecule has 0 atom stereocenters. The van der Waals surface area contributed by atoms with Crippen LogP contribution in [0.15, 0.2) is 18.2 Å². The lowest BCUT2D eigenvalue weighted by Crippen LogP contribution is -2.30. The zero-order chi connectivity index (χ0) is 12.8. The molecule has 3 N–H and O–H groups in total. The average molecular weight is 277 g/mol. The molecule has 0 aromatic heterocycles. The molecule has 0 fully saturated rings. The SMILES string of the molecule is O=C(NCCCl)Nc1cc(C(=O)O)ccc1Cl. The third-order valence-corrected chi connectivity index (χ3v) is 2.36. The summed E-state index contributed by atoms with van der Waals surface area (Å²) in [6.45, 7) is 0.309. The summed E-state index contributed by atoms with van der Waals surface area (Å²) in [7, 11) is 0. The normalized spacial score (nSPS) is 9.76. The molecule has 0 bridgehead atoms. The van der Waals surface area contributed by atoms with Crippen LogP contribution in [0.4, 0.5) is 10.5 Å². The van der Waals surface area contributed by atoms with Crippen molar-refractivity contribution in [1.82, 2.24) is 5.32 Å². The van der Waals surface area contributed by atoms with E-state index in [2.05, 4.69) is 10.6 Å². The molecule has 0 saturated heterocycles. The summed E-state index contributed by atoms with van der Waals surface area (Å²) in [5.74, 6) is -0.804. The first-order valence-electron chi connectivity index (χ1n) is 4.68. The number of hydrogen-bond donors (Lipinski definition) is 3. The van der Waals surface area contributed by atoms with E-state index in [9.17, 15) is 9.59 Å². The molecule has 0 aliphatic rings. The second-order valence-electron chi connectivity index (χ2n) is 3.07. The van der Waals surface area contributed by atoms with Crippen LogP contribution < -0.4 is 10.6 Å². The molecule has 1 rings (SSSR count). The quantitative estimate of drug-likeness (QED) is 0.739. The lowest BCUT2D eigenvalue weighted by atomic mass is 10.2. The lowest BCUT2D eigenvalue weighted by Gasteiger charge is -2.08. The maximum absolute atomic E-state index is 11.3. The second kappa shape index (κ2) is 6.32. The van der Waals surface area contributed by atoms with E-state index in [1.807, 2.05) is 0 Å². The molecular weight excluding hydrogens is 267 g/mol. The van der Waals surface area contributed by atoms with E-state index in [0.29, 0.717) is 6.54 Å². The summed E-state index contributed by atoms with van der Waals surface area (Å²) in [5.41, 5.74) is 0.278. The Morgan fingerprint density at radius 3 is 2.65 bits per heavy atom. The Hall–Kier alpha value is -1.46. The largest absolute Gasteiger partial charge is 0.478 e. The van der Waals surface area contributed by atoms with Crippen LogP contribution in [-0.4, -0.2) is 29.5 Å². The van der Waals surface area contributed by atoms with Gasteiger partial charge >= 0.3 is 12.0 Å². The van der Waals surface area contributed by atoms with Crippen LogP contribution in [0.3, 0.4) is 0 Å². The third kappa shape index (κ3) is 4.13. The molecule has 0 unspecified atom stereocenters. The van der Waals surface area contributed by atoms with Gasteiger partial charge in [0.15, 0.2) is 0 Å². The lowest BCUT2D eigenvalue weighted by molar-refractivity contribution is 0.0697. The van der Waals surface area contributed by atoms with Crippen LogP contribution >= 0.6 is 23.2 Å². The van der Waals surface area contributed by atoms with Crippen LogP contribution in [0, 0.1) is 0 Å². The van der Waals surface area contributed by atoms with Crippen molar-refractivity contribution in [2.45, 2.75) is 0 Å². The molecule has 92 valence electrons. The number of benzene rings is 1. The number of anilines is 1. The van der Waals surface area contributed by atoms with Crippen molar-refractivity contribution in [2.24, 2.45) is 0 Å². The van der Waals surface area contributed by atoms with Gasteiger partial charge in [-0.2, -0.15) is 0 Å². The first-order valence-corrected chi connectivity index (χ1v) is 5.59. The molecule has 0 saturated carbocycles. The van der Waals surface area contributed by atoms with Gasteiger partial charge in [0.05, 0.1) is 16.3 Å². The number of carboxylic acid groups (broad SMARTS) is 1. The van der Waals surface area contributed by atoms with Crippen molar-refractivity contribution in [3.63, 3.8) is 0 Å². The van der Waals surface area contributed by atoms with Gasteiger partial charge in [-0.05, 0) is 18.2 Å². The van der Waals surface area contributed by atoms with Crippen LogP contribution in [0.5, 0.6) is 0 Å². The van der Waals surface area contributed by atoms with Gasteiger partial charge < -0.3 is 15.7 Å². The number of rotatable bonds is 4. The molecule has 0 radical (unpaired) electrons. The van der Waals surface area contributed by atoms with Crippen LogP contribution in [0.1, 0.15) is 10.4 Å². The molecule has 7 heteroatoms. The van der Waals surface area contributed by atoms with Crippen molar-refractivity contribution in [2.75, 3.05) is 17.7 Å². The van der Waals surface area contributed by atoms with Crippen molar-refractivity contribution in [3.8, 4) is 0 Å². The van der Waals surface area contributed by atoms with Crippen molar-refractivity contribution in [3.05, 3.63) is 28.8 Å². The minimum Gasteiger partial charge on any atom is -0.478 e. The number of alkyl halides is 1. The summed E-state index contributed by atoms with van der Waals surface area (Å²) in [4.78, 5) is 22.1. The smallest absolute Gasteiger partial charge is 0.335 e. The van der Waals surface area contributed by atoms with Gasteiger partial charge in [-0.1, -0.05) is 11.6 Å². The summed E-state index contributed by atoms with van der Waals surface area (Å²) in [5, 5.41) is 14.0. The number of halogens is 2. The molecule has 17 heavy (non-hydrogen) atoms. The van der Waals surface area contributed by atoms with E-state index < -0.39 is 12.0 Å². The molecule has 5 nitrogen and oxygen atoms in total. The predicted molar refractivity (Wildman–Crippen MR) is 66.2 cm³/mol. The summed E-state index contributed by atoms with van der Waals surface area (Å²) in [6.07, 6.45) is 0. The first kappa shape index (κ1) is 13.6. The Morgan fingerprint density at radius 1 is 1.35 bits per heavy atom. The standard InChI is InChI=1S/C10H10Cl2N2O3/c11-3-4-13-10(17)14-8-5-6(9(15)16)1-2-7(8)12/h1-2,5H,3-4H2,(H,15,16)(H2,13,14,17). The molecule has 0 aliphatic carbocycles. The Morgan fingerprint density at radius 2 is 2.06 bits per heavy atom. The fourth-order valence-corrected chi connectivity index (χ4v) is 1.34. The number of carbonyl (C=O) groups is 2. The molecule has 0 aliphatic heterocycles. The van der Waals surface area contributed by atoms with E-state index in [1.165, 1.54) is 18.2 Å². The van der Waals surface area contributed by atoms with Crippen LogP contribution in [0.25, 0.3) is 0 Å². The number of hydrogen-bond acceptors (Lipinski definition) is 2. The van der Waals surface area contributed by atoms with Gasteiger partial charge in [0.1, 0.15) is 0 Å². The number of carboxylic acids is 1. The highest BCUT2D eigenvalue weighted by atomic mass is 35.5. The maximum Gasteiger partial charge on any atom is 0.335 e. The molecule has 1 aromatic rings. The fraction of sp³-hybridized carbons (Fsp3) is 0.200. The van der Waals surface area contributed by atoms with E-state index in [-0.39, 0.29) is 22.2 Å². The molecule has 0 spiro atoms. The molecule has 0 heterocycles. The van der Waals surface area contributed by atoms with E-state index in [4.69, 9.17) is 28.3 Å². The number of nitrogens with one attached hydrogen (secondary N) is 2. The Bertz CT molecular complexity index is 438. The van der Waals surface area contributed by atoms with Crippen LogP contribution in [0.2, 0.25) is 5.02 Å². The Kier molecular flexibility index (Phi) is 5.06. The fourth-order valence-electron chi connectivity index (χ4n) is 1.08. The topological polar surface area (TPSA) is 78.4 Å². The Labute approximate surface area is 108 Å². The highest BCUT2D eigenvalue weighted by Gasteiger charge is 2.09.